The minimum atomic E-state index is -0.145. The van der Waals surface area contributed by atoms with E-state index in [1.807, 2.05) is 0 Å². The highest BCUT2D eigenvalue weighted by Gasteiger charge is 2.39. The van der Waals surface area contributed by atoms with Crippen molar-refractivity contribution in [3.8, 4) is 44.5 Å². The summed E-state index contributed by atoms with van der Waals surface area (Å²) >= 11 is 0. The number of rotatable bonds is 5. The molecule has 0 radical (unpaired) electrons. The molecule has 0 aromatic heterocycles. The molecule has 0 fully saturated rings. The predicted octanol–water partition coefficient (Wildman–Crippen LogP) is 15.4. The van der Waals surface area contributed by atoms with Gasteiger partial charge in [-0.3, -0.25) is 0 Å². The van der Waals surface area contributed by atoms with E-state index in [4.69, 9.17) is 0 Å². The number of hydrogen-bond donors (Lipinski definition) is 0. The maximum Gasteiger partial charge on any atom is 0.0540 e. The van der Waals surface area contributed by atoms with E-state index in [0.29, 0.717) is 0 Å². The van der Waals surface area contributed by atoms with Crippen molar-refractivity contribution in [2.75, 3.05) is 4.90 Å². The predicted molar refractivity (Wildman–Crippen MR) is 242 cm³/mol. The number of anilines is 3. The molecular weight excluding hydrogens is 687 g/mol. The average Bonchev–Trinajstić information content (AvgIpc) is 3.63. The molecule has 9 aromatic carbocycles. The fraction of sp³-hybridized carbons (Fsp3) is 0.107. The molecule has 2 aliphatic rings. The molecule has 0 spiro atoms. The summed E-state index contributed by atoms with van der Waals surface area (Å²) in [5.41, 5.74) is 19.0. The number of nitrogens with zero attached hydrogens (tertiary/aromatic N) is 1. The molecule has 272 valence electrons. The molecule has 0 amide bonds. The van der Waals surface area contributed by atoms with Crippen molar-refractivity contribution in [3.63, 3.8) is 0 Å². The van der Waals surface area contributed by atoms with E-state index in [0.717, 1.165) is 17.1 Å². The standard InChI is InChI=1S/C56H43N/c1-55(2)50-25-12-9-20-43(50)45-33-32-39(35-52(45)55)57(38-30-28-36(29-31-38)49-34-37-16-5-6-17-40(37)41-18-7-8-19-42(41)49)53-27-14-11-22-46(53)48-24-15-23-47-44-21-10-13-26-51(44)56(3,4)54(47)48/h5-35H,1-4H3. The van der Waals surface area contributed by atoms with Crippen LogP contribution >= 0.6 is 0 Å². The van der Waals surface area contributed by atoms with Gasteiger partial charge in [-0.15, -0.1) is 0 Å². The summed E-state index contributed by atoms with van der Waals surface area (Å²) in [6.45, 7) is 9.51. The van der Waals surface area contributed by atoms with Crippen molar-refractivity contribution >= 4 is 38.6 Å². The second kappa shape index (κ2) is 12.4. The number of hydrogen-bond acceptors (Lipinski definition) is 1. The highest BCUT2D eigenvalue weighted by Crippen LogP contribution is 2.55. The van der Waals surface area contributed by atoms with Gasteiger partial charge in [-0.2, -0.15) is 0 Å². The Kier molecular flexibility index (Phi) is 7.32. The molecular formula is C56H43N. The second-order valence-electron chi connectivity index (χ2n) is 16.9. The van der Waals surface area contributed by atoms with Crippen LogP contribution in [0.4, 0.5) is 17.1 Å². The van der Waals surface area contributed by atoms with Crippen molar-refractivity contribution in [1.29, 1.82) is 0 Å². The van der Waals surface area contributed by atoms with Crippen LogP contribution in [0.5, 0.6) is 0 Å². The van der Waals surface area contributed by atoms with Crippen molar-refractivity contribution in [1.82, 2.24) is 0 Å². The third kappa shape index (κ3) is 4.95. The van der Waals surface area contributed by atoms with Crippen LogP contribution in [0.2, 0.25) is 0 Å². The monoisotopic (exact) mass is 729 g/mol. The van der Waals surface area contributed by atoms with E-state index < -0.39 is 0 Å². The van der Waals surface area contributed by atoms with Gasteiger partial charge in [0.25, 0.3) is 0 Å². The zero-order chi connectivity index (χ0) is 38.5. The first-order valence-electron chi connectivity index (χ1n) is 20.2. The molecule has 1 heteroatoms. The van der Waals surface area contributed by atoms with Gasteiger partial charge in [-0.05, 0) is 119 Å². The fourth-order valence-electron chi connectivity index (χ4n) is 10.3. The lowest BCUT2D eigenvalue weighted by Crippen LogP contribution is -2.18. The summed E-state index contributed by atoms with van der Waals surface area (Å²) in [5, 5.41) is 5.10. The van der Waals surface area contributed by atoms with E-state index in [1.54, 1.807) is 0 Å². The molecule has 1 nitrogen and oxygen atoms in total. The van der Waals surface area contributed by atoms with E-state index in [1.165, 1.54) is 88.3 Å². The van der Waals surface area contributed by atoms with Crippen molar-refractivity contribution in [3.05, 3.63) is 210 Å². The van der Waals surface area contributed by atoms with Gasteiger partial charge in [-0.1, -0.05) is 179 Å². The Bertz CT molecular complexity index is 3070. The minimum absolute atomic E-state index is 0.121. The van der Waals surface area contributed by atoms with E-state index in [9.17, 15) is 0 Å². The number of fused-ring (bicyclic) bond motifs is 9. The molecule has 0 bridgehead atoms. The van der Waals surface area contributed by atoms with Gasteiger partial charge in [0, 0.05) is 27.8 Å². The highest BCUT2D eigenvalue weighted by molar-refractivity contribution is 6.13. The Labute approximate surface area is 335 Å². The third-order valence-electron chi connectivity index (χ3n) is 13.0. The first kappa shape index (κ1) is 33.6. The number of para-hydroxylation sites is 1. The van der Waals surface area contributed by atoms with Gasteiger partial charge < -0.3 is 4.90 Å². The smallest absolute Gasteiger partial charge is 0.0540 e. The van der Waals surface area contributed by atoms with Gasteiger partial charge in [0.2, 0.25) is 0 Å². The van der Waals surface area contributed by atoms with Crippen molar-refractivity contribution < 1.29 is 0 Å². The Hall–Kier alpha value is -6.70. The molecule has 0 aliphatic heterocycles. The molecule has 0 N–H and O–H groups in total. The maximum absolute atomic E-state index is 2.49. The lowest BCUT2D eigenvalue weighted by Gasteiger charge is -2.31. The van der Waals surface area contributed by atoms with Crippen molar-refractivity contribution in [2.45, 2.75) is 38.5 Å². The first-order chi connectivity index (χ1) is 27.8. The van der Waals surface area contributed by atoms with Crippen LogP contribution in [0.3, 0.4) is 0 Å². The molecule has 0 saturated heterocycles. The minimum Gasteiger partial charge on any atom is -0.310 e. The van der Waals surface area contributed by atoms with Crippen LogP contribution in [-0.2, 0) is 10.8 Å². The molecule has 9 aromatic rings. The molecule has 0 unspecified atom stereocenters. The van der Waals surface area contributed by atoms with Gasteiger partial charge in [0.1, 0.15) is 0 Å². The van der Waals surface area contributed by atoms with Crippen LogP contribution in [0.15, 0.2) is 188 Å². The van der Waals surface area contributed by atoms with Gasteiger partial charge in [0.15, 0.2) is 0 Å². The largest absolute Gasteiger partial charge is 0.310 e. The Balaban J connectivity index is 1.12. The van der Waals surface area contributed by atoms with Crippen molar-refractivity contribution in [2.24, 2.45) is 0 Å². The van der Waals surface area contributed by atoms with Crippen LogP contribution in [-0.4, -0.2) is 0 Å². The highest BCUT2D eigenvalue weighted by atomic mass is 15.1. The van der Waals surface area contributed by atoms with E-state index >= 15 is 0 Å². The van der Waals surface area contributed by atoms with Gasteiger partial charge in [-0.25, -0.2) is 0 Å². The quantitative estimate of drug-likeness (QED) is 0.159. The van der Waals surface area contributed by atoms with Gasteiger partial charge >= 0.3 is 0 Å². The Morgan fingerprint density at radius 2 is 0.860 bits per heavy atom. The zero-order valence-corrected chi connectivity index (χ0v) is 32.8. The maximum atomic E-state index is 2.49. The molecule has 11 rings (SSSR count). The lowest BCUT2D eigenvalue weighted by molar-refractivity contribution is 0.660. The number of benzene rings is 9. The average molecular weight is 730 g/mol. The molecule has 0 atom stereocenters. The van der Waals surface area contributed by atoms with Crippen LogP contribution in [0.1, 0.15) is 49.9 Å². The summed E-state index contributed by atoms with van der Waals surface area (Å²) in [6.07, 6.45) is 0. The van der Waals surface area contributed by atoms with E-state index in [-0.39, 0.29) is 10.8 Å². The summed E-state index contributed by atoms with van der Waals surface area (Å²) in [5.74, 6) is 0. The zero-order valence-electron chi connectivity index (χ0n) is 32.8. The topological polar surface area (TPSA) is 3.24 Å². The SMILES string of the molecule is CC1(C)c2ccccc2-c2ccc(N(c3ccc(-c4cc5ccccc5c5ccccc45)cc3)c3ccccc3-c3cccc4c3C(C)(C)c3ccccc3-4)cc21. The lowest BCUT2D eigenvalue weighted by atomic mass is 9.78. The van der Waals surface area contributed by atoms with Crippen LogP contribution in [0, 0.1) is 0 Å². The van der Waals surface area contributed by atoms with Crippen LogP contribution < -0.4 is 4.90 Å². The Morgan fingerprint density at radius 3 is 1.61 bits per heavy atom. The molecule has 2 aliphatic carbocycles. The molecule has 0 heterocycles. The summed E-state index contributed by atoms with van der Waals surface area (Å²) < 4.78 is 0. The summed E-state index contributed by atoms with van der Waals surface area (Å²) in [4.78, 5) is 2.49. The Morgan fingerprint density at radius 1 is 0.333 bits per heavy atom. The molecule has 57 heavy (non-hydrogen) atoms. The molecule has 0 saturated carbocycles. The normalized spacial score (nSPS) is 14.2. The van der Waals surface area contributed by atoms with Crippen LogP contribution in [0.25, 0.3) is 66.1 Å². The second-order valence-corrected chi connectivity index (χ2v) is 16.9. The summed E-state index contributed by atoms with van der Waals surface area (Å²) in [6, 6.07) is 70.1. The van der Waals surface area contributed by atoms with E-state index in [2.05, 4.69) is 221 Å². The fourth-order valence-corrected chi connectivity index (χ4v) is 10.3. The van der Waals surface area contributed by atoms with Gasteiger partial charge in [0.05, 0.1) is 5.69 Å². The summed E-state index contributed by atoms with van der Waals surface area (Å²) in [7, 11) is 0. The third-order valence-corrected chi connectivity index (χ3v) is 13.0. The first-order valence-corrected chi connectivity index (χ1v) is 20.2.